The van der Waals surface area contributed by atoms with Crippen molar-refractivity contribution in [1.29, 1.82) is 0 Å². The molecule has 1 amide bonds. The summed E-state index contributed by atoms with van der Waals surface area (Å²) in [7, 11) is -1.96. The first-order chi connectivity index (χ1) is 15.1. The summed E-state index contributed by atoms with van der Waals surface area (Å²) in [4.78, 5) is 12.4. The zero-order valence-electron chi connectivity index (χ0n) is 18.4. The molecule has 7 nitrogen and oxygen atoms in total. The molecule has 0 saturated heterocycles. The second-order valence-corrected chi connectivity index (χ2v) is 9.69. The van der Waals surface area contributed by atoms with Gasteiger partial charge in [-0.1, -0.05) is 31.5 Å². The molecule has 0 aromatic heterocycles. The van der Waals surface area contributed by atoms with Crippen LogP contribution in [0.5, 0.6) is 11.5 Å². The lowest BCUT2D eigenvalue weighted by molar-refractivity contribution is -0.123. The summed E-state index contributed by atoms with van der Waals surface area (Å²) in [6.45, 7) is 3.90. The Morgan fingerprint density at radius 1 is 1.12 bits per heavy atom. The van der Waals surface area contributed by atoms with Crippen LogP contribution in [0.2, 0.25) is 5.02 Å². The van der Waals surface area contributed by atoms with Gasteiger partial charge in [0.1, 0.15) is 12.1 Å². The lowest BCUT2D eigenvalue weighted by Crippen LogP contribution is -2.49. The van der Waals surface area contributed by atoms with Crippen molar-refractivity contribution in [3.63, 3.8) is 0 Å². The molecule has 1 atom stereocenters. The standard InChI is InChI=1S/C23H27ClN2O5S/c1-16(2)22(26-32(4,28)29)23(27)25-13-11-18-7-10-20(21(15-18)30-3)31-14-12-17-5-8-19(24)9-6-17/h5-10,15-16,22,26H,11,13H2,1-4H3,(H,25,27). The van der Waals surface area contributed by atoms with Gasteiger partial charge < -0.3 is 14.8 Å². The van der Waals surface area contributed by atoms with Crippen LogP contribution in [-0.4, -0.2) is 40.3 Å². The molecular weight excluding hydrogens is 452 g/mol. The molecule has 32 heavy (non-hydrogen) atoms. The molecule has 2 rings (SSSR count). The lowest BCUT2D eigenvalue weighted by Gasteiger charge is -2.20. The Morgan fingerprint density at radius 3 is 2.41 bits per heavy atom. The number of amides is 1. The summed E-state index contributed by atoms with van der Waals surface area (Å²) in [6.07, 6.45) is 4.21. The molecular formula is C23H27ClN2O5S. The van der Waals surface area contributed by atoms with Crippen molar-refractivity contribution in [2.24, 2.45) is 5.92 Å². The minimum absolute atomic E-state index is 0.185. The molecule has 0 heterocycles. The lowest BCUT2D eigenvalue weighted by atomic mass is 10.0. The third-order valence-electron chi connectivity index (χ3n) is 4.43. The minimum Gasteiger partial charge on any atom is -0.493 e. The smallest absolute Gasteiger partial charge is 0.238 e. The van der Waals surface area contributed by atoms with Gasteiger partial charge >= 0.3 is 0 Å². The Bertz CT molecular complexity index is 1090. The summed E-state index contributed by atoms with van der Waals surface area (Å²) >= 11 is 5.86. The van der Waals surface area contributed by atoms with Crippen molar-refractivity contribution >= 4 is 27.5 Å². The normalized spacial score (nSPS) is 11.9. The van der Waals surface area contributed by atoms with Gasteiger partial charge in [-0.25, -0.2) is 13.1 Å². The molecule has 0 aliphatic heterocycles. The third kappa shape index (κ3) is 8.42. The highest BCUT2D eigenvalue weighted by Gasteiger charge is 2.24. The van der Waals surface area contributed by atoms with Crippen LogP contribution in [-0.2, 0) is 21.2 Å². The van der Waals surface area contributed by atoms with Crippen molar-refractivity contribution in [2.45, 2.75) is 26.3 Å². The summed E-state index contributed by atoms with van der Waals surface area (Å²) in [5.74, 6) is 3.32. The van der Waals surface area contributed by atoms with Crippen molar-refractivity contribution in [1.82, 2.24) is 10.0 Å². The maximum Gasteiger partial charge on any atom is 0.238 e. The number of benzene rings is 2. The number of methoxy groups -OCH3 is 1. The maximum atomic E-state index is 12.4. The van der Waals surface area contributed by atoms with Crippen LogP contribution >= 0.6 is 11.6 Å². The average Bonchev–Trinajstić information content (AvgIpc) is 2.73. The van der Waals surface area contributed by atoms with E-state index < -0.39 is 16.1 Å². The first-order valence-electron chi connectivity index (χ1n) is 9.94. The van der Waals surface area contributed by atoms with E-state index in [1.165, 1.54) is 7.11 Å². The van der Waals surface area contributed by atoms with Crippen LogP contribution in [0.1, 0.15) is 25.0 Å². The average molecular weight is 479 g/mol. The van der Waals surface area contributed by atoms with Crippen molar-refractivity contribution in [2.75, 3.05) is 19.9 Å². The number of sulfonamides is 1. The van der Waals surface area contributed by atoms with Crippen molar-refractivity contribution in [3.8, 4) is 23.5 Å². The van der Waals surface area contributed by atoms with Crippen LogP contribution in [0.15, 0.2) is 42.5 Å². The van der Waals surface area contributed by atoms with Crippen LogP contribution < -0.4 is 19.5 Å². The van der Waals surface area contributed by atoms with Crippen LogP contribution in [0.4, 0.5) is 0 Å². The van der Waals surface area contributed by atoms with E-state index in [0.29, 0.717) is 29.5 Å². The molecule has 2 N–H and O–H groups in total. The molecule has 0 bridgehead atoms. The SMILES string of the molecule is COc1cc(CCNC(=O)C(NS(C)(=O)=O)C(C)C)ccc1OC#Cc1ccc(Cl)cc1. The van der Waals surface area contributed by atoms with Gasteiger partial charge in [0, 0.05) is 17.1 Å². The molecule has 0 aliphatic carbocycles. The van der Waals surface area contributed by atoms with E-state index in [0.717, 1.165) is 17.4 Å². The van der Waals surface area contributed by atoms with E-state index in [1.807, 2.05) is 6.07 Å². The van der Waals surface area contributed by atoms with Gasteiger partial charge in [0.15, 0.2) is 11.5 Å². The quantitative estimate of drug-likeness (QED) is 0.540. The van der Waals surface area contributed by atoms with E-state index in [9.17, 15) is 13.2 Å². The summed E-state index contributed by atoms with van der Waals surface area (Å²) < 4.78 is 36.2. The number of hydrogen-bond acceptors (Lipinski definition) is 5. The van der Waals surface area contributed by atoms with Gasteiger partial charge in [0.2, 0.25) is 15.9 Å². The molecule has 2 aromatic rings. The largest absolute Gasteiger partial charge is 0.493 e. The molecule has 0 aliphatic rings. The molecule has 9 heteroatoms. The van der Waals surface area contributed by atoms with Crippen molar-refractivity contribution < 1.29 is 22.7 Å². The number of hydrogen-bond donors (Lipinski definition) is 2. The number of nitrogens with one attached hydrogen (secondary N) is 2. The number of halogens is 1. The molecule has 0 fully saturated rings. The number of carbonyl (C=O) groups excluding carboxylic acids is 1. The summed E-state index contributed by atoms with van der Waals surface area (Å²) in [6, 6.07) is 11.7. The van der Waals surface area contributed by atoms with E-state index >= 15 is 0 Å². The van der Waals surface area contributed by atoms with Crippen LogP contribution in [0.25, 0.3) is 0 Å². The van der Waals surface area contributed by atoms with E-state index in [1.54, 1.807) is 50.2 Å². The second kappa shape index (κ2) is 11.8. The number of ether oxygens (including phenoxy) is 2. The zero-order chi connectivity index (χ0) is 23.7. The van der Waals surface area contributed by atoms with Gasteiger partial charge in [0.25, 0.3) is 0 Å². The van der Waals surface area contributed by atoms with Gasteiger partial charge in [-0.3, -0.25) is 4.79 Å². The first-order valence-corrected chi connectivity index (χ1v) is 12.2. The Labute approximate surface area is 194 Å². The Balaban J connectivity index is 1.96. The zero-order valence-corrected chi connectivity index (χ0v) is 20.0. The predicted octanol–water partition coefficient (Wildman–Crippen LogP) is 2.97. The number of carbonyl (C=O) groups is 1. The summed E-state index contributed by atoms with van der Waals surface area (Å²) in [5, 5.41) is 3.41. The minimum atomic E-state index is -3.49. The molecule has 0 radical (unpaired) electrons. The Hall–Kier alpha value is -2.73. The first kappa shape index (κ1) is 25.5. The van der Waals surface area contributed by atoms with E-state index in [2.05, 4.69) is 22.1 Å². The second-order valence-electron chi connectivity index (χ2n) is 7.47. The molecule has 172 valence electrons. The van der Waals surface area contributed by atoms with Crippen LogP contribution in [0, 0.1) is 17.9 Å². The fourth-order valence-corrected chi connectivity index (χ4v) is 3.75. The summed E-state index contributed by atoms with van der Waals surface area (Å²) in [5.41, 5.74) is 1.68. The highest BCUT2D eigenvalue weighted by atomic mass is 35.5. The topological polar surface area (TPSA) is 93.7 Å². The maximum absolute atomic E-state index is 12.4. The van der Waals surface area contributed by atoms with Gasteiger partial charge in [-0.05, 0) is 60.2 Å². The van der Waals surface area contributed by atoms with Gasteiger partial charge in [-0.2, -0.15) is 0 Å². The fraction of sp³-hybridized carbons (Fsp3) is 0.348. The monoisotopic (exact) mass is 478 g/mol. The highest BCUT2D eigenvalue weighted by molar-refractivity contribution is 7.88. The highest BCUT2D eigenvalue weighted by Crippen LogP contribution is 2.28. The Kier molecular flexibility index (Phi) is 9.39. The van der Waals surface area contributed by atoms with E-state index in [-0.39, 0.29) is 11.8 Å². The Morgan fingerprint density at radius 2 is 1.81 bits per heavy atom. The molecule has 2 aromatic carbocycles. The fourth-order valence-electron chi connectivity index (χ4n) is 2.79. The molecule has 1 unspecified atom stereocenters. The van der Waals surface area contributed by atoms with E-state index in [4.69, 9.17) is 21.1 Å². The van der Waals surface area contributed by atoms with Crippen LogP contribution in [0.3, 0.4) is 0 Å². The predicted molar refractivity (Wildman–Crippen MR) is 125 cm³/mol. The van der Waals surface area contributed by atoms with Crippen molar-refractivity contribution in [3.05, 3.63) is 58.6 Å². The molecule has 0 spiro atoms. The van der Waals surface area contributed by atoms with Gasteiger partial charge in [0.05, 0.1) is 13.4 Å². The molecule has 0 saturated carbocycles. The number of rotatable bonds is 9. The van der Waals surface area contributed by atoms with Gasteiger partial charge in [-0.15, -0.1) is 0 Å². The third-order valence-corrected chi connectivity index (χ3v) is 5.37.